The number of hydrogen-bond acceptors (Lipinski definition) is 2. The molecule has 0 bridgehead atoms. The van der Waals surface area contributed by atoms with Crippen LogP contribution in [0.2, 0.25) is 0 Å². The third-order valence-electron chi connectivity index (χ3n) is 3.67. The number of benzene rings is 1. The van der Waals surface area contributed by atoms with Gasteiger partial charge in [-0.25, -0.2) is 8.78 Å². The fourth-order valence-electron chi connectivity index (χ4n) is 2.72. The SMILES string of the molecule is CC(C)c1c(F)cc(N2CCOCC2CC(F)(F)F)cc1F. The summed E-state index contributed by atoms with van der Waals surface area (Å²) in [6.45, 7) is 3.59. The first-order chi connectivity index (χ1) is 10.2. The number of rotatable bonds is 3. The third kappa shape index (κ3) is 3.88. The van der Waals surface area contributed by atoms with Crippen molar-refractivity contribution in [1.29, 1.82) is 0 Å². The average Bonchev–Trinajstić information content (AvgIpc) is 2.35. The van der Waals surface area contributed by atoms with Crippen LogP contribution >= 0.6 is 0 Å². The topological polar surface area (TPSA) is 12.5 Å². The zero-order valence-electron chi connectivity index (χ0n) is 12.4. The first-order valence-electron chi connectivity index (χ1n) is 7.09. The van der Waals surface area contributed by atoms with Gasteiger partial charge in [0.15, 0.2) is 0 Å². The molecule has 1 unspecified atom stereocenters. The van der Waals surface area contributed by atoms with Crippen LogP contribution in [-0.4, -0.2) is 32.0 Å². The Labute approximate surface area is 125 Å². The monoisotopic (exact) mass is 323 g/mol. The average molecular weight is 323 g/mol. The lowest BCUT2D eigenvalue weighted by atomic mass is 10.0. The number of ether oxygens (including phenoxy) is 1. The molecule has 0 aliphatic carbocycles. The van der Waals surface area contributed by atoms with Crippen LogP contribution in [0.4, 0.5) is 27.6 Å². The van der Waals surface area contributed by atoms with E-state index in [4.69, 9.17) is 4.74 Å². The summed E-state index contributed by atoms with van der Waals surface area (Å²) in [6, 6.07) is 1.23. The molecule has 1 heterocycles. The Bertz CT molecular complexity index is 506. The smallest absolute Gasteiger partial charge is 0.377 e. The molecule has 0 saturated carbocycles. The fourth-order valence-corrected chi connectivity index (χ4v) is 2.72. The van der Waals surface area contributed by atoms with Gasteiger partial charge in [-0.05, 0) is 18.1 Å². The van der Waals surface area contributed by atoms with E-state index in [-0.39, 0.29) is 36.9 Å². The molecular weight excluding hydrogens is 305 g/mol. The minimum Gasteiger partial charge on any atom is -0.377 e. The number of halogens is 5. The standard InChI is InChI=1S/C15H18F5NO/c1-9(2)14-12(16)5-10(6-13(14)17)21-3-4-22-8-11(21)7-15(18,19)20/h5-6,9,11H,3-4,7-8H2,1-2H3. The highest BCUT2D eigenvalue weighted by atomic mass is 19.4. The van der Waals surface area contributed by atoms with Gasteiger partial charge in [-0.3, -0.25) is 0 Å². The van der Waals surface area contributed by atoms with E-state index in [1.807, 2.05) is 0 Å². The van der Waals surface area contributed by atoms with Gasteiger partial charge >= 0.3 is 6.18 Å². The van der Waals surface area contributed by atoms with E-state index in [0.717, 1.165) is 12.1 Å². The molecule has 0 radical (unpaired) electrons. The van der Waals surface area contributed by atoms with Gasteiger partial charge in [0.05, 0.1) is 25.7 Å². The van der Waals surface area contributed by atoms with Gasteiger partial charge in [-0.15, -0.1) is 0 Å². The van der Waals surface area contributed by atoms with Crippen molar-refractivity contribution in [1.82, 2.24) is 0 Å². The molecule has 2 nitrogen and oxygen atoms in total. The maximum absolute atomic E-state index is 14.1. The highest BCUT2D eigenvalue weighted by Crippen LogP contribution is 2.32. The van der Waals surface area contributed by atoms with E-state index in [0.29, 0.717) is 0 Å². The lowest BCUT2D eigenvalue weighted by Gasteiger charge is -2.38. The van der Waals surface area contributed by atoms with Crippen molar-refractivity contribution in [3.05, 3.63) is 29.3 Å². The summed E-state index contributed by atoms with van der Waals surface area (Å²) >= 11 is 0. The van der Waals surface area contributed by atoms with Gasteiger partial charge < -0.3 is 9.64 Å². The van der Waals surface area contributed by atoms with E-state index >= 15 is 0 Å². The first kappa shape index (κ1) is 17.0. The summed E-state index contributed by atoms with van der Waals surface area (Å²) in [6.07, 6.45) is -5.44. The normalized spacial score (nSPS) is 19.8. The zero-order chi connectivity index (χ0) is 16.5. The number of anilines is 1. The molecule has 1 atom stereocenters. The highest BCUT2D eigenvalue weighted by molar-refractivity contribution is 5.50. The van der Waals surface area contributed by atoms with E-state index in [9.17, 15) is 22.0 Å². The number of alkyl halides is 3. The lowest BCUT2D eigenvalue weighted by Crippen LogP contribution is -2.47. The molecule has 0 amide bonds. The lowest BCUT2D eigenvalue weighted by molar-refractivity contribution is -0.143. The van der Waals surface area contributed by atoms with Gasteiger partial charge in [0.2, 0.25) is 0 Å². The predicted molar refractivity (Wildman–Crippen MR) is 73.1 cm³/mol. The summed E-state index contributed by atoms with van der Waals surface area (Å²) in [7, 11) is 0. The van der Waals surface area contributed by atoms with Crippen LogP contribution in [0.25, 0.3) is 0 Å². The third-order valence-corrected chi connectivity index (χ3v) is 3.67. The highest BCUT2D eigenvalue weighted by Gasteiger charge is 2.36. The number of nitrogens with zero attached hydrogens (tertiary/aromatic N) is 1. The largest absolute Gasteiger partial charge is 0.391 e. The first-order valence-corrected chi connectivity index (χ1v) is 7.09. The summed E-state index contributed by atoms with van der Waals surface area (Å²) in [5.41, 5.74) is 0.0707. The Kier molecular flexibility index (Phi) is 4.94. The van der Waals surface area contributed by atoms with Gasteiger partial charge in [-0.1, -0.05) is 13.8 Å². The summed E-state index contributed by atoms with van der Waals surface area (Å²) in [5, 5.41) is 0. The van der Waals surface area contributed by atoms with Crippen LogP contribution in [0.3, 0.4) is 0 Å². The quantitative estimate of drug-likeness (QED) is 0.771. The van der Waals surface area contributed by atoms with Gasteiger partial charge in [0.1, 0.15) is 11.6 Å². The second-order valence-electron chi connectivity index (χ2n) is 5.72. The van der Waals surface area contributed by atoms with Gasteiger partial charge in [-0.2, -0.15) is 13.2 Å². The summed E-state index contributed by atoms with van der Waals surface area (Å²) in [5.74, 6) is -1.81. The molecule has 2 rings (SSSR count). The molecule has 0 spiro atoms. The maximum Gasteiger partial charge on any atom is 0.391 e. The van der Waals surface area contributed by atoms with Crippen molar-refractivity contribution in [2.45, 2.75) is 38.4 Å². The van der Waals surface area contributed by atoms with Gasteiger partial charge in [0, 0.05) is 17.8 Å². The van der Waals surface area contributed by atoms with E-state index in [2.05, 4.69) is 0 Å². The van der Waals surface area contributed by atoms with Crippen LogP contribution in [0.15, 0.2) is 12.1 Å². The molecular formula is C15H18F5NO. The molecule has 1 aliphatic rings. The number of hydrogen-bond donors (Lipinski definition) is 0. The maximum atomic E-state index is 14.1. The van der Waals surface area contributed by atoms with Crippen LogP contribution in [0.5, 0.6) is 0 Å². The molecule has 1 aliphatic heterocycles. The van der Waals surface area contributed by atoms with Crippen molar-refractivity contribution in [3.8, 4) is 0 Å². The molecule has 0 aromatic heterocycles. The van der Waals surface area contributed by atoms with Crippen molar-refractivity contribution in [2.75, 3.05) is 24.7 Å². The Morgan fingerprint density at radius 3 is 2.32 bits per heavy atom. The van der Waals surface area contributed by atoms with Crippen molar-refractivity contribution < 1.29 is 26.7 Å². The summed E-state index contributed by atoms with van der Waals surface area (Å²) in [4.78, 5) is 1.37. The van der Waals surface area contributed by atoms with Crippen LogP contribution in [0.1, 0.15) is 31.7 Å². The van der Waals surface area contributed by atoms with E-state index < -0.39 is 30.3 Å². The molecule has 0 N–H and O–H groups in total. The molecule has 1 aromatic rings. The Balaban J connectivity index is 2.32. The molecule has 22 heavy (non-hydrogen) atoms. The second-order valence-corrected chi connectivity index (χ2v) is 5.72. The van der Waals surface area contributed by atoms with E-state index in [1.54, 1.807) is 13.8 Å². The Morgan fingerprint density at radius 2 is 1.82 bits per heavy atom. The van der Waals surface area contributed by atoms with E-state index in [1.165, 1.54) is 4.90 Å². The van der Waals surface area contributed by atoms with Crippen LogP contribution in [0, 0.1) is 11.6 Å². The fraction of sp³-hybridized carbons (Fsp3) is 0.600. The minimum atomic E-state index is -4.36. The van der Waals surface area contributed by atoms with Gasteiger partial charge in [0.25, 0.3) is 0 Å². The molecule has 1 aromatic carbocycles. The molecule has 124 valence electrons. The van der Waals surface area contributed by atoms with Crippen molar-refractivity contribution in [3.63, 3.8) is 0 Å². The van der Waals surface area contributed by atoms with Crippen LogP contribution < -0.4 is 4.90 Å². The van der Waals surface area contributed by atoms with Crippen molar-refractivity contribution >= 4 is 5.69 Å². The zero-order valence-corrected chi connectivity index (χ0v) is 12.4. The Morgan fingerprint density at radius 1 is 1.23 bits per heavy atom. The Hall–Kier alpha value is -1.37. The number of morpholine rings is 1. The molecule has 1 saturated heterocycles. The molecule has 1 fully saturated rings. The van der Waals surface area contributed by atoms with Crippen molar-refractivity contribution in [2.24, 2.45) is 0 Å². The second kappa shape index (κ2) is 6.40. The summed E-state index contributed by atoms with van der Waals surface area (Å²) < 4.78 is 71.1. The predicted octanol–water partition coefficient (Wildman–Crippen LogP) is 4.25. The molecule has 7 heteroatoms. The minimum absolute atomic E-state index is 0.0515. The van der Waals surface area contributed by atoms with Crippen LogP contribution in [-0.2, 0) is 4.74 Å².